The molecule has 94 valence electrons. The van der Waals surface area contributed by atoms with Crippen molar-refractivity contribution in [1.29, 1.82) is 0 Å². The molecule has 1 fully saturated rings. The largest absolute Gasteiger partial charge is 0.376 e. The average Bonchev–Trinajstić information content (AvgIpc) is 2.26. The molecule has 1 unspecified atom stereocenters. The van der Waals surface area contributed by atoms with E-state index in [0.717, 1.165) is 25.9 Å². The Morgan fingerprint density at radius 1 is 1.50 bits per heavy atom. The zero-order valence-electron chi connectivity index (χ0n) is 10.4. The van der Waals surface area contributed by atoms with Gasteiger partial charge in [0, 0.05) is 13.2 Å². The van der Waals surface area contributed by atoms with E-state index in [1.807, 2.05) is 0 Å². The summed E-state index contributed by atoms with van der Waals surface area (Å²) in [6.45, 7) is 5.55. The van der Waals surface area contributed by atoms with Gasteiger partial charge in [-0.3, -0.25) is 4.79 Å². The van der Waals surface area contributed by atoms with Crippen molar-refractivity contribution in [3.05, 3.63) is 0 Å². The van der Waals surface area contributed by atoms with Crippen LogP contribution in [0.15, 0.2) is 0 Å². The summed E-state index contributed by atoms with van der Waals surface area (Å²) in [7, 11) is 0. The van der Waals surface area contributed by atoms with Crippen LogP contribution >= 0.6 is 0 Å². The van der Waals surface area contributed by atoms with Crippen LogP contribution < -0.4 is 11.1 Å². The lowest BCUT2D eigenvalue weighted by molar-refractivity contribution is -0.123. The van der Waals surface area contributed by atoms with E-state index in [2.05, 4.69) is 19.2 Å². The van der Waals surface area contributed by atoms with Crippen LogP contribution in [0.25, 0.3) is 0 Å². The Labute approximate surface area is 97.9 Å². The molecule has 1 aliphatic heterocycles. The Hall–Kier alpha value is -0.610. The second kappa shape index (κ2) is 6.86. The molecule has 0 aromatic rings. The van der Waals surface area contributed by atoms with Crippen LogP contribution in [0.5, 0.6) is 0 Å². The second-order valence-corrected chi connectivity index (χ2v) is 4.97. The molecular weight excluding hydrogens is 204 g/mol. The first-order valence-electron chi connectivity index (χ1n) is 6.24. The predicted molar refractivity (Wildman–Crippen MR) is 64.0 cm³/mol. The van der Waals surface area contributed by atoms with Crippen LogP contribution in [-0.4, -0.2) is 31.2 Å². The van der Waals surface area contributed by atoms with Gasteiger partial charge in [0.2, 0.25) is 5.91 Å². The number of carbonyl (C=O) groups is 1. The molecule has 1 heterocycles. The summed E-state index contributed by atoms with van der Waals surface area (Å²) in [4.78, 5) is 11.6. The minimum atomic E-state index is -0.386. The summed E-state index contributed by atoms with van der Waals surface area (Å²) in [5.74, 6) is 0.398. The van der Waals surface area contributed by atoms with E-state index < -0.39 is 0 Å². The van der Waals surface area contributed by atoms with Crippen molar-refractivity contribution in [3.8, 4) is 0 Å². The maximum absolute atomic E-state index is 11.6. The topological polar surface area (TPSA) is 64.4 Å². The zero-order valence-corrected chi connectivity index (χ0v) is 10.4. The number of amides is 1. The molecule has 2 atom stereocenters. The van der Waals surface area contributed by atoms with Crippen LogP contribution in [-0.2, 0) is 9.53 Å². The summed E-state index contributed by atoms with van der Waals surface area (Å²) in [5.41, 5.74) is 5.78. The first-order chi connectivity index (χ1) is 7.59. The smallest absolute Gasteiger partial charge is 0.237 e. The molecule has 0 bridgehead atoms. The lowest BCUT2D eigenvalue weighted by Crippen LogP contribution is -2.44. The van der Waals surface area contributed by atoms with Gasteiger partial charge in [-0.05, 0) is 31.6 Å². The Kier molecular flexibility index (Phi) is 5.77. The summed E-state index contributed by atoms with van der Waals surface area (Å²) in [6, 6.07) is -0.386. The minimum absolute atomic E-state index is 0.0529. The first-order valence-corrected chi connectivity index (χ1v) is 6.24. The third-order valence-corrected chi connectivity index (χ3v) is 2.84. The summed E-state index contributed by atoms with van der Waals surface area (Å²) >= 11 is 0. The Bertz CT molecular complexity index is 213. The molecule has 0 radical (unpaired) electrons. The maximum Gasteiger partial charge on any atom is 0.237 e. The molecule has 4 nitrogen and oxygen atoms in total. The SMILES string of the molecule is CC(C)C[C@H](N)C(=O)NCC1CCCCO1. The Morgan fingerprint density at radius 2 is 2.25 bits per heavy atom. The number of carbonyl (C=O) groups excluding carboxylic acids is 1. The van der Waals surface area contributed by atoms with E-state index in [0.29, 0.717) is 12.5 Å². The highest BCUT2D eigenvalue weighted by Crippen LogP contribution is 2.11. The maximum atomic E-state index is 11.6. The van der Waals surface area contributed by atoms with Crippen molar-refractivity contribution in [2.24, 2.45) is 11.7 Å². The van der Waals surface area contributed by atoms with Crippen LogP contribution in [0.3, 0.4) is 0 Å². The summed E-state index contributed by atoms with van der Waals surface area (Å²) < 4.78 is 5.53. The van der Waals surface area contributed by atoms with Crippen molar-refractivity contribution in [1.82, 2.24) is 5.32 Å². The Balaban J connectivity index is 2.17. The van der Waals surface area contributed by atoms with E-state index in [-0.39, 0.29) is 18.1 Å². The van der Waals surface area contributed by atoms with Crippen molar-refractivity contribution in [2.45, 2.75) is 51.7 Å². The van der Waals surface area contributed by atoms with Gasteiger partial charge in [-0.2, -0.15) is 0 Å². The van der Waals surface area contributed by atoms with E-state index in [1.54, 1.807) is 0 Å². The average molecular weight is 228 g/mol. The van der Waals surface area contributed by atoms with Gasteiger partial charge in [0.1, 0.15) is 0 Å². The molecule has 4 heteroatoms. The number of nitrogens with two attached hydrogens (primary N) is 1. The molecule has 1 aliphatic rings. The molecular formula is C12H24N2O2. The minimum Gasteiger partial charge on any atom is -0.376 e. The van der Waals surface area contributed by atoms with Crippen molar-refractivity contribution >= 4 is 5.91 Å². The zero-order chi connectivity index (χ0) is 12.0. The van der Waals surface area contributed by atoms with Gasteiger partial charge in [0.05, 0.1) is 12.1 Å². The fraction of sp³-hybridized carbons (Fsp3) is 0.917. The summed E-state index contributed by atoms with van der Waals surface area (Å²) in [6.07, 6.45) is 4.29. The van der Waals surface area contributed by atoms with E-state index in [9.17, 15) is 4.79 Å². The lowest BCUT2D eigenvalue weighted by atomic mass is 10.0. The quantitative estimate of drug-likeness (QED) is 0.739. The lowest BCUT2D eigenvalue weighted by Gasteiger charge is -2.23. The van der Waals surface area contributed by atoms with Gasteiger partial charge >= 0.3 is 0 Å². The molecule has 0 aliphatic carbocycles. The molecule has 3 N–H and O–H groups in total. The monoisotopic (exact) mass is 228 g/mol. The predicted octanol–water partition coefficient (Wildman–Crippen LogP) is 1.05. The van der Waals surface area contributed by atoms with Gasteiger partial charge in [-0.15, -0.1) is 0 Å². The highest BCUT2D eigenvalue weighted by molar-refractivity contribution is 5.81. The molecule has 0 saturated carbocycles. The second-order valence-electron chi connectivity index (χ2n) is 4.97. The first kappa shape index (κ1) is 13.5. The highest BCUT2D eigenvalue weighted by Gasteiger charge is 2.18. The molecule has 1 rings (SSSR count). The molecule has 1 amide bonds. The van der Waals surface area contributed by atoms with Gasteiger partial charge in [0.25, 0.3) is 0 Å². The van der Waals surface area contributed by atoms with E-state index >= 15 is 0 Å². The van der Waals surface area contributed by atoms with Gasteiger partial charge in [0.15, 0.2) is 0 Å². The molecule has 0 aromatic carbocycles. The number of hydrogen-bond donors (Lipinski definition) is 2. The number of nitrogens with one attached hydrogen (secondary N) is 1. The molecule has 0 aromatic heterocycles. The highest BCUT2D eigenvalue weighted by atomic mass is 16.5. The van der Waals surface area contributed by atoms with Crippen LogP contribution in [0.2, 0.25) is 0 Å². The molecule has 16 heavy (non-hydrogen) atoms. The number of hydrogen-bond acceptors (Lipinski definition) is 3. The van der Waals surface area contributed by atoms with Gasteiger partial charge in [-0.25, -0.2) is 0 Å². The van der Waals surface area contributed by atoms with E-state index in [4.69, 9.17) is 10.5 Å². The third-order valence-electron chi connectivity index (χ3n) is 2.84. The summed E-state index contributed by atoms with van der Waals surface area (Å²) in [5, 5.41) is 2.87. The third kappa shape index (κ3) is 4.94. The standard InChI is InChI=1S/C12H24N2O2/c1-9(2)7-11(13)12(15)14-8-10-5-3-4-6-16-10/h9-11H,3-8,13H2,1-2H3,(H,14,15)/t10?,11-/m0/s1. The van der Waals surface area contributed by atoms with Crippen molar-refractivity contribution < 1.29 is 9.53 Å². The fourth-order valence-corrected chi connectivity index (χ4v) is 1.93. The van der Waals surface area contributed by atoms with Crippen molar-refractivity contribution in [2.75, 3.05) is 13.2 Å². The van der Waals surface area contributed by atoms with E-state index in [1.165, 1.54) is 6.42 Å². The van der Waals surface area contributed by atoms with Crippen LogP contribution in [0.1, 0.15) is 39.5 Å². The molecule has 0 spiro atoms. The number of ether oxygens (including phenoxy) is 1. The number of rotatable bonds is 5. The fourth-order valence-electron chi connectivity index (χ4n) is 1.93. The Morgan fingerprint density at radius 3 is 2.81 bits per heavy atom. The van der Waals surface area contributed by atoms with Crippen LogP contribution in [0, 0.1) is 5.92 Å². The van der Waals surface area contributed by atoms with Crippen LogP contribution in [0.4, 0.5) is 0 Å². The van der Waals surface area contributed by atoms with Crippen molar-refractivity contribution in [3.63, 3.8) is 0 Å². The van der Waals surface area contributed by atoms with Gasteiger partial charge in [-0.1, -0.05) is 13.8 Å². The molecule has 1 saturated heterocycles. The van der Waals surface area contributed by atoms with Gasteiger partial charge < -0.3 is 15.8 Å². The normalized spacial score (nSPS) is 23.1.